The molecule has 0 atom stereocenters. The highest BCUT2D eigenvalue weighted by Gasteiger charge is 2.16. The SMILES string of the molecule is Oc1ccc(Cc2c(O)ccc3ccc(O)c(Cc4ccc(O)c(O)c4)c23)cc1O. The number of rotatable bonds is 4. The summed E-state index contributed by atoms with van der Waals surface area (Å²) in [6.07, 6.45) is 0.516. The largest absolute Gasteiger partial charge is 0.508 e. The fourth-order valence-corrected chi connectivity index (χ4v) is 3.67. The van der Waals surface area contributed by atoms with E-state index in [-0.39, 0.29) is 47.3 Å². The van der Waals surface area contributed by atoms with E-state index in [9.17, 15) is 30.6 Å². The van der Waals surface area contributed by atoms with E-state index in [0.29, 0.717) is 27.6 Å². The summed E-state index contributed by atoms with van der Waals surface area (Å²) >= 11 is 0. The minimum atomic E-state index is -0.255. The Hall–Kier alpha value is -4.06. The maximum atomic E-state index is 10.6. The van der Waals surface area contributed by atoms with Gasteiger partial charge in [0.1, 0.15) is 11.5 Å². The maximum absolute atomic E-state index is 10.6. The average Bonchev–Trinajstić information content (AvgIpc) is 2.71. The Labute approximate surface area is 172 Å². The normalized spacial score (nSPS) is 11.1. The lowest BCUT2D eigenvalue weighted by molar-refractivity contribution is 0.403. The Bertz CT molecular complexity index is 1170. The second-order valence-corrected chi connectivity index (χ2v) is 7.22. The predicted octanol–water partition coefficient (Wildman–Crippen LogP) is 4.26. The lowest BCUT2D eigenvalue weighted by Crippen LogP contribution is -1.97. The highest BCUT2D eigenvalue weighted by molar-refractivity contribution is 5.93. The summed E-state index contributed by atoms with van der Waals surface area (Å²) in [4.78, 5) is 0. The van der Waals surface area contributed by atoms with Gasteiger partial charge in [-0.15, -0.1) is 0 Å². The van der Waals surface area contributed by atoms with Crippen molar-refractivity contribution in [1.29, 1.82) is 0 Å². The smallest absolute Gasteiger partial charge is 0.157 e. The molecule has 0 heterocycles. The van der Waals surface area contributed by atoms with E-state index in [0.717, 1.165) is 5.39 Å². The summed E-state index contributed by atoms with van der Waals surface area (Å²) < 4.78 is 0. The molecule has 0 aliphatic carbocycles. The third-order valence-electron chi connectivity index (χ3n) is 5.19. The second kappa shape index (κ2) is 7.40. The highest BCUT2D eigenvalue weighted by atomic mass is 16.3. The summed E-state index contributed by atoms with van der Waals surface area (Å²) in [5.41, 5.74) is 2.47. The van der Waals surface area contributed by atoms with Crippen molar-refractivity contribution in [3.8, 4) is 34.5 Å². The summed E-state index contributed by atoms with van der Waals surface area (Å²) in [6, 6.07) is 15.5. The van der Waals surface area contributed by atoms with Crippen molar-refractivity contribution in [2.24, 2.45) is 0 Å². The Kier molecular flexibility index (Phi) is 4.75. The molecule has 4 aromatic rings. The quantitative estimate of drug-likeness (QED) is 0.283. The topological polar surface area (TPSA) is 121 Å². The van der Waals surface area contributed by atoms with Crippen LogP contribution in [0.4, 0.5) is 0 Å². The molecule has 0 fully saturated rings. The first-order valence-corrected chi connectivity index (χ1v) is 9.30. The Morgan fingerprint density at radius 3 is 1.23 bits per heavy atom. The van der Waals surface area contributed by atoms with Crippen LogP contribution in [-0.4, -0.2) is 30.6 Å². The summed E-state index contributed by atoms with van der Waals surface area (Å²) in [7, 11) is 0. The highest BCUT2D eigenvalue weighted by Crippen LogP contribution is 2.38. The Balaban J connectivity index is 1.87. The van der Waals surface area contributed by atoms with Crippen molar-refractivity contribution in [3.63, 3.8) is 0 Å². The van der Waals surface area contributed by atoms with Gasteiger partial charge in [-0.05, 0) is 58.3 Å². The third kappa shape index (κ3) is 3.51. The number of phenols is 6. The van der Waals surface area contributed by atoms with E-state index in [1.165, 1.54) is 24.3 Å². The molecular formula is C24H20O6. The lowest BCUT2D eigenvalue weighted by atomic mass is 9.90. The van der Waals surface area contributed by atoms with E-state index in [4.69, 9.17) is 0 Å². The van der Waals surface area contributed by atoms with Crippen LogP contribution in [0.2, 0.25) is 0 Å². The molecule has 0 bridgehead atoms. The molecule has 0 radical (unpaired) electrons. The molecule has 4 aromatic carbocycles. The van der Waals surface area contributed by atoms with E-state index < -0.39 is 0 Å². The number of hydrogen-bond acceptors (Lipinski definition) is 6. The number of benzene rings is 4. The van der Waals surface area contributed by atoms with Gasteiger partial charge < -0.3 is 30.6 Å². The molecule has 0 saturated heterocycles. The van der Waals surface area contributed by atoms with E-state index in [1.54, 1.807) is 36.4 Å². The minimum Gasteiger partial charge on any atom is -0.508 e. The molecule has 4 rings (SSSR count). The second-order valence-electron chi connectivity index (χ2n) is 7.22. The number of fused-ring (bicyclic) bond motifs is 1. The molecule has 152 valence electrons. The Morgan fingerprint density at radius 2 is 0.833 bits per heavy atom. The zero-order valence-electron chi connectivity index (χ0n) is 15.9. The van der Waals surface area contributed by atoms with Crippen LogP contribution in [0.15, 0.2) is 60.7 Å². The van der Waals surface area contributed by atoms with Gasteiger partial charge >= 0.3 is 0 Å². The van der Waals surface area contributed by atoms with Crippen LogP contribution >= 0.6 is 0 Å². The first-order valence-electron chi connectivity index (χ1n) is 9.30. The van der Waals surface area contributed by atoms with E-state index in [1.807, 2.05) is 0 Å². The summed E-state index contributed by atoms with van der Waals surface area (Å²) in [6.45, 7) is 0. The lowest BCUT2D eigenvalue weighted by Gasteiger charge is -2.16. The van der Waals surface area contributed by atoms with Crippen LogP contribution in [0, 0.1) is 0 Å². The van der Waals surface area contributed by atoms with Gasteiger partial charge in [0.25, 0.3) is 0 Å². The van der Waals surface area contributed by atoms with Gasteiger partial charge in [-0.25, -0.2) is 0 Å². The van der Waals surface area contributed by atoms with Gasteiger partial charge in [-0.1, -0.05) is 24.3 Å². The number of phenolic OH excluding ortho intramolecular Hbond substituents is 6. The monoisotopic (exact) mass is 404 g/mol. The Morgan fingerprint density at radius 1 is 0.433 bits per heavy atom. The van der Waals surface area contributed by atoms with Gasteiger partial charge in [0.2, 0.25) is 0 Å². The molecule has 6 N–H and O–H groups in total. The molecular weight excluding hydrogens is 384 g/mol. The van der Waals surface area contributed by atoms with Gasteiger partial charge in [-0.2, -0.15) is 0 Å². The van der Waals surface area contributed by atoms with E-state index >= 15 is 0 Å². The molecule has 6 heteroatoms. The first kappa shape index (κ1) is 19.3. The number of aromatic hydroxyl groups is 6. The molecule has 0 amide bonds. The fraction of sp³-hybridized carbons (Fsp3) is 0.0833. The van der Waals surface area contributed by atoms with Crippen molar-refractivity contribution < 1.29 is 30.6 Å². The third-order valence-corrected chi connectivity index (χ3v) is 5.19. The van der Waals surface area contributed by atoms with Crippen molar-refractivity contribution in [2.45, 2.75) is 12.8 Å². The van der Waals surface area contributed by atoms with Crippen molar-refractivity contribution in [1.82, 2.24) is 0 Å². The van der Waals surface area contributed by atoms with E-state index in [2.05, 4.69) is 0 Å². The molecule has 30 heavy (non-hydrogen) atoms. The van der Waals surface area contributed by atoms with Gasteiger partial charge in [0, 0.05) is 24.0 Å². The zero-order chi connectivity index (χ0) is 21.4. The maximum Gasteiger partial charge on any atom is 0.157 e. The van der Waals surface area contributed by atoms with Crippen molar-refractivity contribution in [2.75, 3.05) is 0 Å². The molecule has 0 aromatic heterocycles. The van der Waals surface area contributed by atoms with Crippen LogP contribution in [0.5, 0.6) is 34.5 Å². The molecule has 0 saturated carbocycles. The van der Waals surface area contributed by atoms with Crippen LogP contribution < -0.4 is 0 Å². The van der Waals surface area contributed by atoms with Crippen molar-refractivity contribution in [3.05, 3.63) is 82.9 Å². The molecule has 0 unspecified atom stereocenters. The fourth-order valence-electron chi connectivity index (χ4n) is 3.67. The van der Waals surface area contributed by atoms with Gasteiger partial charge in [-0.3, -0.25) is 0 Å². The standard InChI is InChI=1S/C24H20O6/c25-18-7-3-15-4-8-19(26)17(10-14-2-6-21(28)23(30)12-14)24(15)16(18)9-13-1-5-20(27)22(29)11-13/h1-8,11-12,25-30H,9-10H2. The zero-order valence-corrected chi connectivity index (χ0v) is 15.9. The minimum absolute atomic E-state index is 0.0375. The summed E-state index contributed by atoms with van der Waals surface area (Å²) in [5, 5.41) is 61.4. The molecule has 0 spiro atoms. The van der Waals surface area contributed by atoms with Gasteiger partial charge in [0.05, 0.1) is 0 Å². The molecule has 6 nitrogen and oxygen atoms in total. The van der Waals surface area contributed by atoms with Crippen molar-refractivity contribution >= 4 is 10.8 Å². The molecule has 0 aliphatic rings. The summed E-state index contributed by atoms with van der Waals surface area (Å²) in [5.74, 6) is -0.895. The average molecular weight is 404 g/mol. The van der Waals surface area contributed by atoms with Gasteiger partial charge in [0.15, 0.2) is 23.0 Å². The number of hydrogen-bond donors (Lipinski definition) is 6. The van der Waals surface area contributed by atoms with Crippen LogP contribution in [0.1, 0.15) is 22.3 Å². The predicted molar refractivity (Wildman–Crippen MR) is 112 cm³/mol. The van der Waals surface area contributed by atoms with Crippen LogP contribution in [0.3, 0.4) is 0 Å². The first-order chi connectivity index (χ1) is 14.3. The van der Waals surface area contributed by atoms with Crippen LogP contribution in [0.25, 0.3) is 10.8 Å². The molecule has 0 aliphatic heterocycles. The van der Waals surface area contributed by atoms with Crippen LogP contribution in [-0.2, 0) is 12.8 Å².